The van der Waals surface area contributed by atoms with E-state index in [1.165, 1.54) is 17.8 Å². The molecule has 158 valence electrons. The summed E-state index contributed by atoms with van der Waals surface area (Å²) in [5, 5.41) is 20.2. The molecule has 0 unspecified atom stereocenters. The summed E-state index contributed by atoms with van der Waals surface area (Å²) < 4.78 is 10.5. The molecule has 0 saturated carbocycles. The van der Waals surface area contributed by atoms with E-state index in [4.69, 9.17) is 21.1 Å². The maximum absolute atomic E-state index is 12.3. The number of ether oxygens (including phenoxy) is 2. The third-order valence-electron chi connectivity index (χ3n) is 4.25. The van der Waals surface area contributed by atoms with E-state index >= 15 is 0 Å². The average Bonchev–Trinajstić information content (AvgIpc) is 3.18. The third kappa shape index (κ3) is 5.60. The zero-order chi connectivity index (χ0) is 22.2. The Morgan fingerprint density at radius 2 is 2.03 bits per heavy atom. The van der Waals surface area contributed by atoms with Gasteiger partial charge >= 0.3 is 0 Å². The first-order chi connectivity index (χ1) is 15.0. The second kappa shape index (κ2) is 10.6. The van der Waals surface area contributed by atoms with Crippen molar-refractivity contribution >= 4 is 41.2 Å². The van der Waals surface area contributed by atoms with E-state index in [1.54, 1.807) is 38.5 Å². The smallest absolute Gasteiger partial charge is 0.249 e. The van der Waals surface area contributed by atoms with Crippen LogP contribution in [0.4, 0.5) is 5.82 Å². The van der Waals surface area contributed by atoms with E-state index in [0.717, 1.165) is 11.1 Å². The number of halogens is 1. The van der Waals surface area contributed by atoms with Crippen molar-refractivity contribution in [3.05, 3.63) is 70.3 Å². The van der Waals surface area contributed by atoms with Gasteiger partial charge in [-0.15, -0.1) is 0 Å². The number of carbonyl (C=O) groups is 1. The molecule has 1 heterocycles. The molecule has 0 spiro atoms. The van der Waals surface area contributed by atoms with Crippen LogP contribution in [0.2, 0.25) is 5.02 Å². The summed E-state index contributed by atoms with van der Waals surface area (Å²) in [4.78, 5) is 12.3. The summed E-state index contributed by atoms with van der Waals surface area (Å²) in [5.74, 6) is 1.54. The van der Waals surface area contributed by atoms with Crippen LogP contribution in [-0.4, -0.2) is 30.3 Å². The van der Waals surface area contributed by atoms with Crippen LogP contribution < -0.4 is 14.8 Å². The number of benzene rings is 2. The van der Waals surface area contributed by atoms with E-state index in [1.807, 2.05) is 24.3 Å². The van der Waals surface area contributed by atoms with Gasteiger partial charge in [-0.25, -0.2) is 0 Å². The molecule has 0 fully saturated rings. The lowest BCUT2D eigenvalue weighted by Gasteiger charge is -2.07. The van der Waals surface area contributed by atoms with Gasteiger partial charge in [0.1, 0.15) is 22.5 Å². The monoisotopic (exact) mass is 454 g/mol. The highest BCUT2D eigenvalue weighted by Gasteiger charge is 2.15. The van der Waals surface area contributed by atoms with Crippen molar-refractivity contribution in [1.29, 1.82) is 5.26 Å². The van der Waals surface area contributed by atoms with Crippen LogP contribution in [0.3, 0.4) is 0 Å². The van der Waals surface area contributed by atoms with Crippen LogP contribution >= 0.6 is 23.4 Å². The molecular weight excluding hydrogens is 436 g/mol. The molecule has 0 bridgehead atoms. The van der Waals surface area contributed by atoms with Crippen molar-refractivity contribution < 1.29 is 14.3 Å². The lowest BCUT2D eigenvalue weighted by molar-refractivity contribution is -0.111. The van der Waals surface area contributed by atoms with Gasteiger partial charge in [-0.2, -0.15) is 10.4 Å². The highest BCUT2D eigenvalue weighted by molar-refractivity contribution is 7.98. The number of nitriles is 1. The third-order valence-corrected chi connectivity index (χ3v) is 5.64. The van der Waals surface area contributed by atoms with E-state index < -0.39 is 5.91 Å². The number of amides is 1. The molecule has 9 heteroatoms. The molecule has 0 radical (unpaired) electrons. The average molecular weight is 455 g/mol. The molecule has 3 aromatic rings. The van der Waals surface area contributed by atoms with Gasteiger partial charge in [0.25, 0.3) is 0 Å². The van der Waals surface area contributed by atoms with Crippen molar-refractivity contribution in [2.24, 2.45) is 0 Å². The summed E-state index contributed by atoms with van der Waals surface area (Å²) in [6, 6.07) is 14.9. The Labute approximate surface area is 189 Å². The fourth-order valence-electron chi connectivity index (χ4n) is 2.68. The van der Waals surface area contributed by atoms with Gasteiger partial charge < -0.3 is 14.8 Å². The molecule has 2 N–H and O–H groups in total. The van der Waals surface area contributed by atoms with E-state index in [-0.39, 0.29) is 11.4 Å². The molecule has 2 aromatic carbocycles. The Balaban J connectivity index is 1.67. The first-order valence-corrected chi connectivity index (χ1v) is 10.5. The second-order valence-corrected chi connectivity index (χ2v) is 7.58. The number of methoxy groups -OCH3 is 2. The number of rotatable bonds is 8. The zero-order valence-electron chi connectivity index (χ0n) is 16.8. The normalized spacial score (nSPS) is 10.6. The summed E-state index contributed by atoms with van der Waals surface area (Å²) in [5.41, 5.74) is 1.96. The number of aromatic nitrogens is 2. The first kappa shape index (κ1) is 22.3. The SMILES string of the molecule is COc1ccc(/C=C/C(=O)Nc2[nH]nc(SCc3ccccc3Cl)c2C#N)cc1OC. The summed E-state index contributed by atoms with van der Waals surface area (Å²) in [6.45, 7) is 0. The fourth-order valence-corrected chi connectivity index (χ4v) is 3.91. The fraction of sp³-hybridized carbons (Fsp3) is 0.136. The summed E-state index contributed by atoms with van der Waals surface area (Å²) in [7, 11) is 3.10. The maximum atomic E-state index is 12.3. The Morgan fingerprint density at radius 3 is 2.74 bits per heavy atom. The largest absolute Gasteiger partial charge is 0.493 e. The van der Waals surface area contributed by atoms with Crippen molar-refractivity contribution in [1.82, 2.24) is 10.2 Å². The Bertz CT molecular complexity index is 1150. The number of hydrogen-bond acceptors (Lipinski definition) is 6. The quantitative estimate of drug-likeness (QED) is 0.371. The van der Waals surface area contributed by atoms with Crippen molar-refractivity contribution in [2.45, 2.75) is 10.8 Å². The molecule has 1 aromatic heterocycles. The van der Waals surface area contributed by atoms with E-state index in [0.29, 0.717) is 27.3 Å². The van der Waals surface area contributed by atoms with Crippen LogP contribution in [0.5, 0.6) is 11.5 Å². The molecule has 7 nitrogen and oxygen atoms in total. The van der Waals surface area contributed by atoms with Gasteiger partial charge in [0, 0.05) is 16.9 Å². The minimum Gasteiger partial charge on any atom is -0.493 e. The summed E-state index contributed by atoms with van der Waals surface area (Å²) >= 11 is 7.53. The van der Waals surface area contributed by atoms with Gasteiger partial charge in [-0.05, 0) is 35.4 Å². The second-order valence-electron chi connectivity index (χ2n) is 6.21. The minimum absolute atomic E-state index is 0.242. The highest BCUT2D eigenvalue weighted by Crippen LogP contribution is 2.30. The predicted octanol–water partition coefficient (Wildman–Crippen LogP) is 4.90. The standard InChI is InChI=1S/C22H19ClN4O3S/c1-29-18-9-7-14(11-19(18)30-2)8-10-20(28)25-21-16(12-24)22(27-26-21)31-13-15-5-3-4-6-17(15)23/h3-11H,13H2,1-2H3,(H2,25,26,27,28)/b10-8+. The number of carbonyl (C=O) groups excluding carboxylic acids is 1. The van der Waals surface area contributed by atoms with Crippen molar-refractivity contribution in [2.75, 3.05) is 19.5 Å². The van der Waals surface area contributed by atoms with Gasteiger partial charge in [0.05, 0.1) is 14.2 Å². The number of H-pyrrole nitrogens is 1. The van der Waals surface area contributed by atoms with Gasteiger partial charge in [0.2, 0.25) is 5.91 Å². The zero-order valence-corrected chi connectivity index (χ0v) is 18.4. The molecule has 0 aliphatic heterocycles. The van der Waals surface area contributed by atoms with Crippen LogP contribution in [0.15, 0.2) is 53.6 Å². The molecule has 0 atom stereocenters. The predicted molar refractivity (Wildman–Crippen MR) is 122 cm³/mol. The van der Waals surface area contributed by atoms with Gasteiger partial charge in [0.15, 0.2) is 11.5 Å². The lowest BCUT2D eigenvalue weighted by Crippen LogP contribution is -2.09. The van der Waals surface area contributed by atoms with E-state index in [2.05, 4.69) is 21.6 Å². The van der Waals surface area contributed by atoms with Gasteiger partial charge in [-0.3, -0.25) is 9.89 Å². The number of nitrogens with zero attached hydrogens (tertiary/aromatic N) is 2. The topological polar surface area (TPSA) is 100 Å². The molecule has 3 rings (SSSR count). The number of hydrogen-bond donors (Lipinski definition) is 2. The van der Waals surface area contributed by atoms with Gasteiger partial charge in [-0.1, -0.05) is 47.6 Å². The number of thioether (sulfide) groups is 1. The maximum Gasteiger partial charge on any atom is 0.249 e. The molecule has 1 amide bonds. The highest BCUT2D eigenvalue weighted by atomic mass is 35.5. The molecule has 0 saturated heterocycles. The number of anilines is 1. The van der Waals surface area contributed by atoms with Crippen LogP contribution in [-0.2, 0) is 10.5 Å². The van der Waals surface area contributed by atoms with Crippen molar-refractivity contribution in [3.8, 4) is 17.6 Å². The molecule has 31 heavy (non-hydrogen) atoms. The Hall–Kier alpha value is -3.41. The molecular formula is C22H19ClN4O3S. The van der Waals surface area contributed by atoms with Crippen LogP contribution in [0.1, 0.15) is 16.7 Å². The minimum atomic E-state index is -0.405. The molecule has 0 aliphatic carbocycles. The summed E-state index contributed by atoms with van der Waals surface area (Å²) in [6.07, 6.45) is 2.99. The molecule has 0 aliphatic rings. The van der Waals surface area contributed by atoms with Crippen LogP contribution in [0.25, 0.3) is 6.08 Å². The number of nitrogens with one attached hydrogen (secondary N) is 2. The first-order valence-electron chi connectivity index (χ1n) is 9.11. The number of aromatic amines is 1. The van der Waals surface area contributed by atoms with Crippen LogP contribution in [0, 0.1) is 11.3 Å². The Kier molecular flexibility index (Phi) is 7.60. The Morgan fingerprint density at radius 1 is 1.26 bits per heavy atom. The van der Waals surface area contributed by atoms with E-state index in [9.17, 15) is 10.1 Å². The van der Waals surface area contributed by atoms with Crippen molar-refractivity contribution in [3.63, 3.8) is 0 Å². The lowest BCUT2D eigenvalue weighted by atomic mass is 10.2.